The Morgan fingerprint density at radius 2 is 1.82 bits per heavy atom. The van der Waals surface area contributed by atoms with Crippen molar-refractivity contribution >= 4 is 51.8 Å². The van der Waals surface area contributed by atoms with E-state index < -0.39 is 0 Å². The second-order valence-corrected chi connectivity index (χ2v) is 8.33. The van der Waals surface area contributed by atoms with Gasteiger partial charge in [0.2, 0.25) is 5.91 Å². The van der Waals surface area contributed by atoms with Crippen LogP contribution in [-0.4, -0.2) is 21.2 Å². The number of hydrogen-bond donors (Lipinski definition) is 1. The van der Waals surface area contributed by atoms with Crippen molar-refractivity contribution in [2.45, 2.75) is 31.6 Å². The summed E-state index contributed by atoms with van der Waals surface area (Å²) >= 11 is 13.1. The van der Waals surface area contributed by atoms with Gasteiger partial charge in [0.15, 0.2) is 5.16 Å². The average molecular weight is 436 g/mol. The van der Waals surface area contributed by atoms with Crippen molar-refractivity contribution in [1.29, 1.82) is 0 Å². The van der Waals surface area contributed by atoms with Gasteiger partial charge < -0.3 is 5.32 Å². The van der Waals surface area contributed by atoms with Crippen LogP contribution in [0.25, 0.3) is 10.9 Å². The van der Waals surface area contributed by atoms with Gasteiger partial charge in [0, 0.05) is 22.6 Å². The van der Waals surface area contributed by atoms with Crippen LogP contribution < -0.4 is 10.9 Å². The van der Waals surface area contributed by atoms with E-state index in [1.807, 2.05) is 26.0 Å². The molecule has 2 aromatic carbocycles. The zero-order valence-electron chi connectivity index (χ0n) is 15.4. The molecule has 0 unspecified atom stereocenters. The Labute approximate surface area is 177 Å². The molecule has 0 aliphatic heterocycles. The fraction of sp³-hybridized carbons (Fsp3) is 0.250. The smallest absolute Gasteiger partial charge is 0.262 e. The molecule has 0 atom stereocenters. The summed E-state index contributed by atoms with van der Waals surface area (Å²) in [6.07, 6.45) is 0. The maximum absolute atomic E-state index is 12.8. The number of thioether (sulfide) groups is 1. The molecule has 1 N–H and O–H groups in total. The summed E-state index contributed by atoms with van der Waals surface area (Å²) in [7, 11) is 0. The maximum atomic E-state index is 12.8. The van der Waals surface area contributed by atoms with E-state index in [1.54, 1.807) is 34.9 Å². The van der Waals surface area contributed by atoms with Gasteiger partial charge in [-0.05, 0) is 49.7 Å². The minimum atomic E-state index is -0.143. The Bertz CT molecular complexity index is 1070. The molecule has 0 spiro atoms. The monoisotopic (exact) mass is 435 g/mol. The number of rotatable bonds is 6. The average Bonchev–Trinajstić information content (AvgIpc) is 2.65. The Kier molecular flexibility index (Phi) is 6.65. The quantitative estimate of drug-likeness (QED) is 0.450. The van der Waals surface area contributed by atoms with E-state index in [0.717, 1.165) is 5.56 Å². The lowest BCUT2D eigenvalue weighted by Gasteiger charge is -2.16. The predicted molar refractivity (Wildman–Crippen MR) is 115 cm³/mol. The summed E-state index contributed by atoms with van der Waals surface area (Å²) < 4.78 is 1.60. The molecular formula is C20H19Cl2N3O2S. The van der Waals surface area contributed by atoms with E-state index in [1.165, 1.54) is 11.8 Å². The first-order chi connectivity index (χ1) is 13.3. The zero-order valence-corrected chi connectivity index (χ0v) is 17.7. The molecule has 1 heterocycles. The van der Waals surface area contributed by atoms with Crippen LogP contribution in [0.15, 0.2) is 52.4 Å². The fourth-order valence-electron chi connectivity index (χ4n) is 2.69. The van der Waals surface area contributed by atoms with Crippen LogP contribution in [0.2, 0.25) is 10.0 Å². The second kappa shape index (κ2) is 8.99. The van der Waals surface area contributed by atoms with Gasteiger partial charge in [-0.1, -0.05) is 47.1 Å². The number of amides is 1. The number of benzene rings is 2. The molecule has 1 aromatic heterocycles. The molecule has 3 rings (SSSR count). The molecule has 0 aliphatic rings. The van der Waals surface area contributed by atoms with Crippen LogP contribution in [0.5, 0.6) is 0 Å². The molecule has 0 bridgehead atoms. The molecule has 28 heavy (non-hydrogen) atoms. The van der Waals surface area contributed by atoms with Gasteiger partial charge in [-0.15, -0.1) is 0 Å². The van der Waals surface area contributed by atoms with Gasteiger partial charge in [-0.2, -0.15) is 0 Å². The lowest BCUT2D eigenvalue weighted by molar-refractivity contribution is -0.118. The number of nitrogens with one attached hydrogen (secondary N) is 1. The SMILES string of the molecule is CC(C)n1c(SCC(=O)NCc2ccc(Cl)cc2)nc2cc(Cl)ccc2c1=O. The Morgan fingerprint density at radius 1 is 1.14 bits per heavy atom. The Hall–Kier alpha value is -2.02. The lowest BCUT2D eigenvalue weighted by Crippen LogP contribution is -2.27. The Balaban J connectivity index is 1.75. The molecule has 3 aromatic rings. The van der Waals surface area contributed by atoms with Crippen LogP contribution in [0.4, 0.5) is 0 Å². The third-order valence-corrected chi connectivity index (χ3v) is 5.52. The summed E-state index contributed by atoms with van der Waals surface area (Å²) in [6.45, 7) is 4.24. The highest BCUT2D eigenvalue weighted by Crippen LogP contribution is 2.22. The van der Waals surface area contributed by atoms with Gasteiger partial charge in [-0.25, -0.2) is 4.98 Å². The van der Waals surface area contributed by atoms with Gasteiger partial charge in [0.25, 0.3) is 5.56 Å². The summed E-state index contributed by atoms with van der Waals surface area (Å²) in [6, 6.07) is 12.2. The Morgan fingerprint density at radius 3 is 2.50 bits per heavy atom. The van der Waals surface area contributed by atoms with Crippen LogP contribution in [0.3, 0.4) is 0 Å². The third kappa shape index (κ3) is 4.87. The molecule has 0 saturated carbocycles. The topological polar surface area (TPSA) is 64.0 Å². The summed E-state index contributed by atoms with van der Waals surface area (Å²) in [5.41, 5.74) is 1.35. The van der Waals surface area contributed by atoms with Crippen molar-refractivity contribution in [3.63, 3.8) is 0 Å². The normalized spacial score (nSPS) is 11.2. The number of nitrogens with zero attached hydrogens (tertiary/aromatic N) is 2. The summed E-state index contributed by atoms with van der Waals surface area (Å²) in [4.78, 5) is 29.7. The van der Waals surface area contributed by atoms with Gasteiger partial charge >= 0.3 is 0 Å². The second-order valence-electron chi connectivity index (χ2n) is 6.52. The molecule has 0 radical (unpaired) electrons. The number of fused-ring (bicyclic) bond motifs is 1. The maximum Gasteiger partial charge on any atom is 0.262 e. The van der Waals surface area contributed by atoms with E-state index in [2.05, 4.69) is 10.3 Å². The molecule has 1 amide bonds. The first-order valence-corrected chi connectivity index (χ1v) is 10.4. The number of halogens is 2. The molecule has 0 aliphatic carbocycles. The van der Waals surface area contributed by atoms with Crippen molar-refractivity contribution in [2.24, 2.45) is 0 Å². The first kappa shape index (κ1) is 20.7. The van der Waals surface area contributed by atoms with Crippen molar-refractivity contribution in [3.8, 4) is 0 Å². The molecular weight excluding hydrogens is 417 g/mol. The van der Waals surface area contributed by atoms with Crippen molar-refractivity contribution < 1.29 is 4.79 Å². The first-order valence-electron chi connectivity index (χ1n) is 8.71. The van der Waals surface area contributed by atoms with Crippen LogP contribution in [0, 0.1) is 0 Å². The summed E-state index contributed by atoms with van der Waals surface area (Å²) in [5, 5.41) is 5.03. The predicted octanol–water partition coefficient (Wildman–Crippen LogP) is 4.69. The molecule has 8 heteroatoms. The molecule has 146 valence electrons. The minimum absolute atomic E-state index is 0.0836. The van der Waals surface area contributed by atoms with Crippen molar-refractivity contribution in [2.75, 3.05) is 5.75 Å². The number of carbonyl (C=O) groups is 1. The van der Waals surface area contributed by atoms with E-state index in [0.29, 0.717) is 32.6 Å². The van der Waals surface area contributed by atoms with Crippen molar-refractivity contribution in [1.82, 2.24) is 14.9 Å². The van der Waals surface area contributed by atoms with Crippen LogP contribution in [-0.2, 0) is 11.3 Å². The standard InChI is InChI=1S/C20H19Cl2N3O2S/c1-12(2)25-19(27)16-8-7-15(22)9-17(16)24-20(25)28-11-18(26)23-10-13-3-5-14(21)6-4-13/h3-9,12H,10-11H2,1-2H3,(H,23,26). The number of carbonyl (C=O) groups excluding carboxylic acids is 1. The largest absolute Gasteiger partial charge is 0.351 e. The highest BCUT2D eigenvalue weighted by molar-refractivity contribution is 7.99. The van der Waals surface area contributed by atoms with Crippen molar-refractivity contribution in [3.05, 3.63) is 68.4 Å². The van der Waals surface area contributed by atoms with Crippen LogP contribution >= 0.6 is 35.0 Å². The zero-order chi connectivity index (χ0) is 20.3. The lowest BCUT2D eigenvalue weighted by atomic mass is 10.2. The molecule has 5 nitrogen and oxygen atoms in total. The number of hydrogen-bond acceptors (Lipinski definition) is 4. The van der Waals surface area contributed by atoms with Crippen LogP contribution in [0.1, 0.15) is 25.5 Å². The summed E-state index contributed by atoms with van der Waals surface area (Å²) in [5.74, 6) is 0.00874. The van der Waals surface area contributed by atoms with Gasteiger partial charge in [0.05, 0.1) is 16.7 Å². The van der Waals surface area contributed by atoms with Gasteiger partial charge in [0.1, 0.15) is 0 Å². The molecule has 0 saturated heterocycles. The highest BCUT2D eigenvalue weighted by atomic mass is 35.5. The fourth-order valence-corrected chi connectivity index (χ4v) is 3.94. The minimum Gasteiger partial charge on any atom is -0.351 e. The van der Waals surface area contributed by atoms with E-state index in [4.69, 9.17) is 23.2 Å². The number of aromatic nitrogens is 2. The van der Waals surface area contributed by atoms with Gasteiger partial charge in [-0.3, -0.25) is 14.2 Å². The van der Waals surface area contributed by atoms with E-state index >= 15 is 0 Å². The highest BCUT2D eigenvalue weighted by Gasteiger charge is 2.15. The molecule has 0 fully saturated rings. The third-order valence-electron chi connectivity index (χ3n) is 4.08. The van der Waals surface area contributed by atoms with E-state index in [9.17, 15) is 9.59 Å². The van der Waals surface area contributed by atoms with E-state index in [-0.39, 0.29) is 23.3 Å².